The maximum atomic E-state index is 12.2. The van der Waals surface area contributed by atoms with Crippen molar-refractivity contribution in [2.24, 2.45) is 5.92 Å². The Bertz CT molecular complexity index is 665. The van der Waals surface area contributed by atoms with Crippen molar-refractivity contribution in [3.63, 3.8) is 0 Å². The summed E-state index contributed by atoms with van der Waals surface area (Å²) in [5, 5.41) is 6.17. The van der Waals surface area contributed by atoms with Crippen molar-refractivity contribution in [3.8, 4) is 17.4 Å². The third kappa shape index (κ3) is 4.23. The average Bonchev–Trinajstić information content (AvgIpc) is 2.65. The molecule has 2 N–H and O–H groups in total. The van der Waals surface area contributed by atoms with Crippen molar-refractivity contribution in [1.29, 1.82) is 0 Å². The maximum Gasteiger partial charge on any atom is 0.227 e. The van der Waals surface area contributed by atoms with Crippen LogP contribution in [0.1, 0.15) is 12.8 Å². The number of nitrogens with zero attached hydrogens (tertiary/aromatic N) is 1. The van der Waals surface area contributed by atoms with Gasteiger partial charge in [0.2, 0.25) is 11.8 Å². The summed E-state index contributed by atoms with van der Waals surface area (Å²) in [7, 11) is 1.62. The summed E-state index contributed by atoms with van der Waals surface area (Å²) >= 11 is 0. The Morgan fingerprint density at radius 2 is 1.83 bits per heavy atom. The van der Waals surface area contributed by atoms with Crippen molar-refractivity contribution < 1.29 is 14.3 Å². The second-order valence-corrected chi connectivity index (χ2v) is 5.68. The lowest BCUT2D eigenvalue weighted by Crippen LogP contribution is -2.34. The van der Waals surface area contributed by atoms with Crippen LogP contribution >= 0.6 is 0 Å². The first-order valence-corrected chi connectivity index (χ1v) is 8.04. The predicted molar refractivity (Wildman–Crippen MR) is 91.5 cm³/mol. The first kappa shape index (κ1) is 16.3. The molecule has 2 aromatic rings. The second-order valence-electron chi connectivity index (χ2n) is 5.68. The summed E-state index contributed by atoms with van der Waals surface area (Å²) < 4.78 is 10.8. The van der Waals surface area contributed by atoms with E-state index in [2.05, 4.69) is 15.6 Å². The third-order valence-electron chi connectivity index (χ3n) is 4.00. The number of methoxy groups -OCH3 is 1. The van der Waals surface area contributed by atoms with Crippen LogP contribution in [-0.4, -0.2) is 31.1 Å². The molecule has 1 aliphatic rings. The molecule has 0 atom stereocenters. The average molecular weight is 327 g/mol. The van der Waals surface area contributed by atoms with Crippen LogP contribution in [-0.2, 0) is 4.79 Å². The van der Waals surface area contributed by atoms with Gasteiger partial charge in [-0.05, 0) is 56.3 Å². The minimum Gasteiger partial charge on any atom is -0.497 e. The van der Waals surface area contributed by atoms with E-state index in [1.807, 2.05) is 24.3 Å². The highest BCUT2D eigenvalue weighted by molar-refractivity contribution is 5.92. The predicted octanol–water partition coefficient (Wildman–Crippen LogP) is 2.82. The standard InChI is InChI=1S/C18H21N3O3/c1-23-15-3-5-16(6-4-15)24-17-7-2-14(12-20-17)21-18(22)13-8-10-19-11-9-13/h2-7,12-13,19H,8-11H2,1H3,(H,21,22). The molecular formula is C18H21N3O3. The molecule has 1 aromatic carbocycles. The molecule has 6 heteroatoms. The van der Waals surface area contributed by atoms with E-state index in [9.17, 15) is 4.79 Å². The maximum absolute atomic E-state index is 12.2. The number of piperidine rings is 1. The highest BCUT2D eigenvalue weighted by Crippen LogP contribution is 2.23. The highest BCUT2D eigenvalue weighted by atomic mass is 16.5. The van der Waals surface area contributed by atoms with Gasteiger partial charge in [0.15, 0.2) is 0 Å². The normalized spacial score (nSPS) is 14.9. The van der Waals surface area contributed by atoms with E-state index in [-0.39, 0.29) is 11.8 Å². The van der Waals surface area contributed by atoms with Gasteiger partial charge in [-0.2, -0.15) is 0 Å². The Labute approximate surface area is 141 Å². The lowest BCUT2D eigenvalue weighted by molar-refractivity contribution is -0.120. The Morgan fingerprint density at radius 3 is 2.46 bits per heavy atom. The zero-order valence-electron chi connectivity index (χ0n) is 13.6. The summed E-state index contributed by atoms with van der Waals surface area (Å²) in [5.74, 6) is 2.05. The van der Waals surface area contributed by atoms with Gasteiger partial charge in [-0.1, -0.05) is 0 Å². The molecule has 1 aliphatic heterocycles. The van der Waals surface area contributed by atoms with Crippen LogP contribution in [0.2, 0.25) is 0 Å². The fourth-order valence-corrected chi connectivity index (χ4v) is 2.61. The van der Waals surface area contributed by atoms with E-state index in [1.165, 1.54) is 0 Å². The Kier molecular flexibility index (Phi) is 5.28. The van der Waals surface area contributed by atoms with Gasteiger partial charge in [0.1, 0.15) is 11.5 Å². The number of benzene rings is 1. The first-order chi connectivity index (χ1) is 11.7. The molecule has 0 saturated carbocycles. The van der Waals surface area contributed by atoms with Gasteiger partial charge < -0.3 is 20.1 Å². The van der Waals surface area contributed by atoms with Gasteiger partial charge in [0.05, 0.1) is 19.0 Å². The van der Waals surface area contributed by atoms with Gasteiger partial charge in [-0.15, -0.1) is 0 Å². The Balaban J connectivity index is 1.57. The van der Waals surface area contributed by atoms with Crippen molar-refractivity contribution >= 4 is 11.6 Å². The zero-order chi connectivity index (χ0) is 16.8. The van der Waals surface area contributed by atoms with E-state index in [4.69, 9.17) is 9.47 Å². The van der Waals surface area contributed by atoms with Gasteiger partial charge in [0.25, 0.3) is 0 Å². The lowest BCUT2D eigenvalue weighted by atomic mass is 9.97. The number of rotatable bonds is 5. The molecule has 24 heavy (non-hydrogen) atoms. The lowest BCUT2D eigenvalue weighted by Gasteiger charge is -2.21. The number of ether oxygens (including phenoxy) is 2. The van der Waals surface area contributed by atoms with Crippen LogP contribution in [0.15, 0.2) is 42.6 Å². The van der Waals surface area contributed by atoms with Gasteiger partial charge in [-0.25, -0.2) is 4.98 Å². The fraction of sp³-hybridized carbons (Fsp3) is 0.333. The number of anilines is 1. The molecule has 0 unspecified atom stereocenters. The molecular weight excluding hydrogens is 306 g/mol. The SMILES string of the molecule is COc1ccc(Oc2ccc(NC(=O)C3CCNCC3)cn2)cc1. The molecule has 1 aromatic heterocycles. The molecule has 1 fully saturated rings. The van der Waals surface area contributed by atoms with E-state index < -0.39 is 0 Å². The van der Waals surface area contributed by atoms with Crippen LogP contribution in [0.3, 0.4) is 0 Å². The van der Waals surface area contributed by atoms with E-state index in [0.29, 0.717) is 17.3 Å². The molecule has 1 saturated heterocycles. The van der Waals surface area contributed by atoms with Crippen molar-refractivity contribution in [3.05, 3.63) is 42.6 Å². The number of carbonyl (C=O) groups excluding carboxylic acids is 1. The van der Waals surface area contributed by atoms with Crippen molar-refractivity contribution in [1.82, 2.24) is 10.3 Å². The van der Waals surface area contributed by atoms with E-state index in [0.717, 1.165) is 31.7 Å². The summed E-state index contributed by atoms with van der Waals surface area (Å²) in [6.07, 6.45) is 3.35. The first-order valence-electron chi connectivity index (χ1n) is 8.04. The molecule has 1 amide bonds. The van der Waals surface area contributed by atoms with Crippen molar-refractivity contribution in [2.75, 3.05) is 25.5 Å². The molecule has 0 radical (unpaired) electrons. The number of hydrogen-bond donors (Lipinski definition) is 2. The summed E-state index contributed by atoms with van der Waals surface area (Å²) in [4.78, 5) is 16.4. The van der Waals surface area contributed by atoms with Gasteiger partial charge in [-0.3, -0.25) is 4.79 Å². The largest absolute Gasteiger partial charge is 0.497 e. The quantitative estimate of drug-likeness (QED) is 0.883. The molecule has 2 heterocycles. The minimum absolute atomic E-state index is 0.0575. The summed E-state index contributed by atoms with van der Waals surface area (Å²) in [6.45, 7) is 1.79. The number of hydrogen-bond acceptors (Lipinski definition) is 5. The molecule has 6 nitrogen and oxygen atoms in total. The number of carbonyl (C=O) groups is 1. The smallest absolute Gasteiger partial charge is 0.227 e. The van der Waals surface area contributed by atoms with Crippen LogP contribution in [0, 0.1) is 5.92 Å². The molecule has 126 valence electrons. The molecule has 0 aliphatic carbocycles. The zero-order valence-corrected chi connectivity index (χ0v) is 13.6. The van der Waals surface area contributed by atoms with Crippen LogP contribution in [0.25, 0.3) is 0 Å². The van der Waals surface area contributed by atoms with E-state index >= 15 is 0 Å². The van der Waals surface area contributed by atoms with Gasteiger partial charge in [0, 0.05) is 12.0 Å². The Morgan fingerprint density at radius 1 is 1.12 bits per heavy atom. The Hall–Kier alpha value is -2.60. The van der Waals surface area contributed by atoms with Crippen molar-refractivity contribution in [2.45, 2.75) is 12.8 Å². The molecule has 0 spiro atoms. The number of nitrogens with one attached hydrogen (secondary N) is 2. The van der Waals surface area contributed by atoms with Gasteiger partial charge >= 0.3 is 0 Å². The number of pyridine rings is 1. The molecule has 3 rings (SSSR count). The topological polar surface area (TPSA) is 72.5 Å². The van der Waals surface area contributed by atoms with Crippen LogP contribution in [0.5, 0.6) is 17.4 Å². The third-order valence-corrected chi connectivity index (χ3v) is 4.00. The second kappa shape index (κ2) is 7.79. The van der Waals surface area contributed by atoms with Crippen LogP contribution < -0.4 is 20.1 Å². The summed E-state index contributed by atoms with van der Waals surface area (Å²) in [5.41, 5.74) is 0.681. The highest BCUT2D eigenvalue weighted by Gasteiger charge is 2.20. The number of aromatic nitrogens is 1. The minimum atomic E-state index is 0.0575. The fourth-order valence-electron chi connectivity index (χ4n) is 2.61. The van der Waals surface area contributed by atoms with Crippen LogP contribution in [0.4, 0.5) is 5.69 Å². The number of amides is 1. The summed E-state index contributed by atoms with van der Waals surface area (Å²) in [6, 6.07) is 10.8. The molecule has 0 bridgehead atoms. The van der Waals surface area contributed by atoms with E-state index in [1.54, 1.807) is 25.4 Å². The monoisotopic (exact) mass is 327 g/mol.